The highest BCUT2D eigenvalue weighted by molar-refractivity contribution is 5.92. The maximum atomic E-state index is 12.8. The number of aromatic hydroxyl groups is 2. The van der Waals surface area contributed by atoms with Gasteiger partial charge >= 0.3 is 5.97 Å². The van der Waals surface area contributed by atoms with Crippen molar-refractivity contribution in [2.45, 2.75) is 117 Å². The summed E-state index contributed by atoms with van der Waals surface area (Å²) in [5.74, 6) is 1.35. The summed E-state index contributed by atoms with van der Waals surface area (Å²) in [5, 5.41) is 21.0. The molecule has 4 aromatic rings. The number of ether oxygens (including phenoxy) is 3. The van der Waals surface area contributed by atoms with E-state index in [9.17, 15) is 15.0 Å². The van der Waals surface area contributed by atoms with Gasteiger partial charge in [0.05, 0.1) is 30.2 Å². The van der Waals surface area contributed by atoms with E-state index in [2.05, 4.69) is 23.8 Å². The highest BCUT2D eigenvalue weighted by Crippen LogP contribution is 2.26. The Hall–Kier alpha value is -5.11. The molecule has 4 rings (SSSR count). The maximum Gasteiger partial charge on any atom is 0.343 e. The van der Waals surface area contributed by atoms with Crippen LogP contribution in [0.25, 0.3) is 0 Å². The van der Waals surface area contributed by atoms with Crippen LogP contribution in [0, 0.1) is 0 Å². The lowest BCUT2D eigenvalue weighted by atomic mass is 10.1. The Morgan fingerprint density at radius 1 is 0.509 bits per heavy atom. The van der Waals surface area contributed by atoms with E-state index >= 15 is 0 Å². The first kappa shape index (κ1) is 42.6. The van der Waals surface area contributed by atoms with Gasteiger partial charge in [0.15, 0.2) is 0 Å². The van der Waals surface area contributed by atoms with Crippen LogP contribution in [0.3, 0.4) is 0 Å². The Bertz CT molecular complexity index is 1750. The summed E-state index contributed by atoms with van der Waals surface area (Å²) < 4.78 is 17.2. The van der Waals surface area contributed by atoms with Gasteiger partial charge in [-0.1, -0.05) is 104 Å². The highest BCUT2D eigenvalue weighted by Gasteiger charge is 2.09. The number of nitrogens with zero attached hydrogens (tertiary/aromatic N) is 2. The molecule has 8 heteroatoms. The quantitative estimate of drug-likeness (QED) is 0.0286. The van der Waals surface area contributed by atoms with Gasteiger partial charge in [0.2, 0.25) is 0 Å². The molecule has 0 saturated carbocycles. The lowest BCUT2D eigenvalue weighted by Gasteiger charge is -2.08. The molecule has 0 amide bonds. The fraction of sp³-hybridized carbons (Fsp3) is 0.426. The minimum Gasteiger partial charge on any atom is -0.507 e. The van der Waals surface area contributed by atoms with Crippen LogP contribution in [-0.4, -0.2) is 41.8 Å². The molecule has 0 spiro atoms. The summed E-state index contributed by atoms with van der Waals surface area (Å²) in [5.41, 5.74) is 2.79. The molecule has 0 bridgehead atoms. The number of unbranched alkanes of at least 4 members (excludes halogenated alkanes) is 14. The van der Waals surface area contributed by atoms with Gasteiger partial charge in [-0.25, -0.2) is 4.79 Å². The van der Waals surface area contributed by atoms with Gasteiger partial charge in [-0.3, -0.25) is 9.98 Å². The molecule has 2 N–H and O–H groups in total. The van der Waals surface area contributed by atoms with Crippen LogP contribution < -0.4 is 14.2 Å². The van der Waals surface area contributed by atoms with E-state index in [0.29, 0.717) is 58.5 Å². The van der Waals surface area contributed by atoms with Crippen molar-refractivity contribution in [2.75, 3.05) is 13.2 Å². The largest absolute Gasteiger partial charge is 0.507 e. The molecule has 0 aliphatic rings. The number of hydrogen-bond acceptors (Lipinski definition) is 8. The third-order valence-electron chi connectivity index (χ3n) is 9.39. The summed E-state index contributed by atoms with van der Waals surface area (Å²) in [4.78, 5) is 21.7. The number of hydrogen-bond donors (Lipinski definition) is 2. The number of benzene rings is 4. The number of phenolic OH excluding ortho intramolecular Hbond substituents is 2. The normalized spacial score (nSPS) is 11.4. The van der Waals surface area contributed by atoms with Gasteiger partial charge in [-0.05, 0) is 85.6 Å². The number of rotatable bonds is 26. The standard InChI is InChI=1S/C47H60N2O6/c1-3-5-7-9-11-13-15-17-31-53-43-27-21-38(45(50)33-43)35-48-40-23-19-37(20-24-40)47(52)55-42-29-25-41(26-30-42)49-36-39-22-28-44(34-46(39)51)54-32-18-16-14-12-10-8-6-4-2/h19-30,33-36,50-51H,3-18,31-32H2,1-2H3. The van der Waals surface area contributed by atoms with Crippen molar-refractivity contribution >= 4 is 29.8 Å². The second kappa shape index (κ2) is 25.1. The first-order valence-electron chi connectivity index (χ1n) is 20.4. The Morgan fingerprint density at radius 3 is 1.31 bits per heavy atom. The van der Waals surface area contributed by atoms with Gasteiger partial charge in [-0.2, -0.15) is 0 Å². The fourth-order valence-electron chi connectivity index (χ4n) is 6.03. The lowest BCUT2D eigenvalue weighted by molar-refractivity contribution is 0.0734. The van der Waals surface area contributed by atoms with Gasteiger partial charge in [0.25, 0.3) is 0 Å². The average Bonchev–Trinajstić information content (AvgIpc) is 3.19. The Morgan fingerprint density at radius 2 is 0.891 bits per heavy atom. The second-order valence-electron chi connectivity index (χ2n) is 14.0. The Kier molecular flexibility index (Phi) is 19.4. The molecule has 0 fully saturated rings. The number of phenols is 2. The third-order valence-corrected chi connectivity index (χ3v) is 9.39. The van der Waals surface area contributed by atoms with Crippen molar-refractivity contribution in [1.82, 2.24) is 0 Å². The van der Waals surface area contributed by atoms with Crippen molar-refractivity contribution in [3.05, 3.63) is 102 Å². The number of aliphatic imine (C=N–C) groups is 2. The van der Waals surface area contributed by atoms with Crippen LogP contribution in [0.5, 0.6) is 28.7 Å². The molecule has 8 nitrogen and oxygen atoms in total. The molecule has 55 heavy (non-hydrogen) atoms. The summed E-state index contributed by atoms with van der Waals surface area (Å²) >= 11 is 0. The molecule has 294 valence electrons. The lowest BCUT2D eigenvalue weighted by Crippen LogP contribution is -2.07. The predicted molar refractivity (Wildman–Crippen MR) is 225 cm³/mol. The molecule has 0 aliphatic carbocycles. The highest BCUT2D eigenvalue weighted by atomic mass is 16.5. The third kappa shape index (κ3) is 16.4. The van der Waals surface area contributed by atoms with Crippen LogP contribution in [0.2, 0.25) is 0 Å². The van der Waals surface area contributed by atoms with E-state index in [-0.39, 0.29) is 11.5 Å². The van der Waals surface area contributed by atoms with Crippen LogP contribution in [-0.2, 0) is 0 Å². The summed E-state index contributed by atoms with van der Waals surface area (Å²) in [6, 6.07) is 24.0. The van der Waals surface area contributed by atoms with Gasteiger partial charge in [0.1, 0.15) is 28.7 Å². The van der Waals surface area contributed by atoms with E-state index in [1.807, 2.05) is 12.1 Å². The molecule has 0 unspecified atom stereocenters. The molecule has 0 aliphatic heterocycles. The van der Waals surface area contributed by atoms with Gasteiger partial charge in [0, 0.05) is 35.7 Å². The summed E-state index contributed by atoms with van der Waals surface area (Å²) in [6.45, 7) is 5.74. The minimum atomic E-state index is -0.498. The van der Waals surface area contributed by atoms with Crippen molar-refractivity contribution in [3.63, 3.8) is 0 Å². The Labute approximate surface area is 328 Å². The first-order valence-corrected chi connectivity index (χ1v) is 20.4. The predicted octanol–water partition coefficient (Wildman–Crippen LogP) is 12.9. The van der Waals surface area contributed by atoms with Gasteiger partial charge < -0.3 is 24.4 Å². The monoisotopic (exact) mass is 748 g/mol. The fourth-order valence-corrected chi connectivity index (χ4v) is 6.03. The van der Waals surface area contributed by atoms with Crippen molar-refractivity contribution < 1.29 is 29.2 Å². The van der Waals surface area contributed by atoms with Crippen molar-refractivity contribution in [1.29, 1.82) is 0 Å². The molecule has 4 aromatic carbocycles. The average molecular weight is 749 g/mol. The molecule has 0 radical (unpaired) electrons. The topological polar surface area (TPSA) is 110 Å². The second-order valence-corrected chi connectivity index (χ2v) is 14.0. The van der Waals surface area contributed by atoms with Crippen molar-refractivity contribution in [3.8, 4) is 28.7 Å². The van der Waals surface area contributed by atoms with E-state index in [1.54, 1.807) is 85.2 Å². The molecule has 0 atom stereocenters. The summed E-state index contributed by atoms with van der Waals surface area (Å²) in [6.07, 6.45) is 23.0. The molecule has 0 aromatic heterocycles. The first-order chi connectivity index (χ1) is 26.9. The van der Waals surface area contributed by atoms with Crippen LogP contribution in [0.4, 0.5) is 11.4 Å². The van der Waals surface area contributed by atoms with E-state index in [4.69, 9.17) is 14.2 Å². The van der Waals surface area contributed by atoms with E-state index in [1.165, 1.54) is 77.0 Å². The number of carbonyl (C=O) groups excluding carboxylic acids is 1. The van der Waals surface area contributed by atoms with E-state index < -0.39 is 5.97 Å². The zero-order valence-corrected chi connectivity index (χ0v) is 32.9. The van der Waals surface area contributed by atoms with Crippen LogP contribution >= 0.6 is 0 Å². The minimum absolute atomic E-state index is 0.0933. The Balaban J connectivity index is 1.16. The van der Waals surface area contributed by atoms with Crippen LogP contribution in [0.1, 0.15) is 138 Å². The number of esters is 1. The van der Waals surface area contributed by atoms with Crippen molar-refractivity contribution in [2.24, 2.45) is 9.98 Å². The zero-order valence-electron chi connectivity index (χ0n) is 32.9. The van der Waals surface area contributed by atoms with E-state index in [0.717, 1.165) is 25.7 Å². The SMILES string of the molecule is CCCCCCCCCCOc1ccc(C=Nc2ccc(OC(=O)c3ccc(N=Cc4ccc(OCCCCCCCCCC)cc4O)cc3)cc2)c(O)c1. The molecule has 0 saturated heterocycles. The smallest absolute Gasteiger partial charge is 0.343 e. The number of carbonyl (C=O) groups is 1. The molecular formula is C47H60N2O6. The van der Waals surface area contributed by atoms with Crippen LogP contribution in [0.15, 0.2) is 94.9 Å². The molecule has 0 heterocycles. The summed E-state index contributed by atoms with van der Waals surface area (Å²) in [7, 11) is 0. The van der Waals surface area contributed by atoms with Gasteiger partial charge in [-0.15, -0.1) is 0 Å². The maximum absolute atomic E-state index is 12.8. The zero-order chi connectivity index (χ0) is 38.9. The molecular weight excluding hydrogens is 689 g/mol.